The minimum absolute atomic E-state index is 0.0272. The van der Waals surface area contributed by atoms with E-state index < -0.39 is 20.7 Å². The van der Waals surface area contributed by atoms with E-state index in [1.165, 1.54) is 96.1 Å². The smallest absolute Gasteiger partial charge is 0.409 e. The summed E-state index contributed by atoms with van der Waals surface area (Å²) in [6, 6.07) is 0. The Morgan fingerprint density at radius 1 is 0.744 bits per heavy atom. The number of unbranched alkanes of at least 4 members (excludes halogenated alkanes) is 19. The summed E-state index contributed by atoms with van der Waals surface area (Å²) in [7, 11) is -1.74. The maximum Gasteiger partial charge on any atom is 0.409 e. The van der Waals surface area contributed by atoms with Crippen molar-refractivity contribution in [3.63, 3.8) is 0 Å². The number of ether oxygens (including phenoxy) is 2. The molecule has 7 heteroatoms. The molecular weight excluding hydrogens is 510 g/mol. The summed E-state index contributed by atoms with van der Waals surface area (Å²) in [5.41, 5.74) is 0. The fourth-order valence-electron chi connectivity index (χ4n) is 4.55. The van der Waals surface area contributed by atoms with Gasteiger partial charge in [0.1, 0.15) is 11.4 Å². The fourth-order valence-corrected chi connectivity index (χ4v) is 5.12. The van der Waals surface area contributed by atoms with Crippen molar-refractivity contribution in [3.8, 4) is 0 Å². The minimum Gasteiger partial charge on any atom is -0.448 e. The van der Waals surface area contributed by atoms with Crippen molar-refractivity contribution in [2.75, 3.05) is 39.7 Å². The highest BCUT2D eigenvalue weighted by atomic mass is 32.2. The third kappa shape index (κ3) is 21.6. The molecule has 0 aromatic carbocycles. The van der Waals surface area contributed by atoms with Crippen molar-refractivity contribution in [1.82, 2.24) is 4.90 Å². The lowest BCUT2D eigenvalue weighted by atomic mass is 10.0. The molecule has 0 aliphatic heterocycles. The van der Waals surface area contributed by atoms with Crippen molar-refractivity contribution in [3.05, 3.63) is 6.42 Å². The van der Waals surface area contributed by atoms with Crippen LogP contribution in [0.3, 0.4) is 0 Å². The predicted molar refractivity (Wildman–Crippen MR) is 166 cm³/mol. The molecule has 6 nitrogen and oxygen atoms in total. The molecular formula is C32H64NO5S. The number of carbonyl (C=O) groups is 1. The van der Waals surface area contributed by atoms with E-state index in [2.05, 4.69) is 20.3 Å². The average molecular weight is 575 g/mol. The van der Waals surface area contributed by atoms with Gasteiger partial charge in [0.2, 0.25) is 0 Å². The highest BCUT2D eigenvalue weighted by Gasteiger charge is 2.38. The van der Waals surface area contributed by atoms with Crippen LogP contribution in [0.1, 0.15) is 149 Å². The molecule has 233 valence electrons. The molecule has 0 bridgehead atoms. The van der Waals surface area contributed by atoms with Crippen molar-refractivity contribution in [1.29, 1.82) is 0 Å². The number of amides is 1. The number of rotatable bonds is 28. The van der Waals surface area contributed by atoms with Gasteiger partial charge in [0.05, 0.1) is 6.61 Å². The molecule has 0 spiro atoms. The Bertz CT molecular complexity index is 669. The van der Waals surface area contributed by atoms with Gasteiger partial charge in [-0.05, 0) is 26.2 Å². The Hall–Kier alpha value is -0.820. The molecule has 1 unspecified atom stereocenters. The molecule has 0 aliphatic rings. The summed E-state index contributed by atoms with van der Waals surface area (Å²) in [6.45, 7) is 6.95. The Labute approximate surface area is 243 Å². The van der Waals surface area contributed by atoms with E-state index in [0.29, 0.717) is 13.2 Å². The first kappa shape index (κ1) is 38.2. The molecule has 1 atom stereocenters. The van der Waals surface area contributed by atoms with Gasteiger partial charge in [-0.2, -0.15) is 0 Å². The first-order chi connectivity index (χ1) is 18.7. The van der Waals surface area contributed by atoms with Gasteiger partial charge in [-0.3, -0.25) is 0 Å². The molecule has 39 heavy (non-hydrogen) atoms. The third-order valence-corrected chi connectivity index (χ3v) is 9.72. The Kier molecular flexibility index (Phi) is 24.4. The molecule has 0 aromatic heterocycles. The van der Waals surface area contributed by atoms with Crippen LogP contribution in [0.4, 0.5) is 4.79 Å². The lowest BCUT2D eigenvalue weighted by Crippen LogP contribution is -2.45. The summed E-state index contributed by atoms with van der Waals surface area (Å²) in [5.74, 6) is 0. The SMILES string of the molecule is CC[CH]CCCCOCC(C)(COC(=O)N(C)CCCCCCCCCCCCCCCCCC)S(C)(=O)=O. The number of nitrogens with zero attached hydrogens (tertiary/aromatic N) is 1. The van der Waals surface area contributed by atoms with Crippen LogP contribution in [0.25, 0.3) is 0 Å². The largest absolute Gasteiger partial charge is 0.448 e. The standard InChI is InChI=1S/C32H64NO5S/c1-6-8-10-12-13-14-15-16-17-18-19-20-21-22-23-25-27-33(4)31(34)38-30-32(3,39(5,35)36)29-37-28-26-24-11-9-7-2/h9H,6-8,10-30H2,1-5H3. The molecule has 1 amide bonds. The van der Waals surface area contributed by atoms with E-state index in [1.807, 2.05) is 0 Å². The highest BCUT2D eigenvalue weighted by Crippen LogP contribution is 2.19. The molecule has 1 radical (unpaired) electrons. The number of carbonyl (C=O) groups excluding carboxylic acids is 1. The number of hydrogen-bond acceptors (Lipinski definition) is 5. The van der Waals surface area contributed by atoms with E-state index in [1.54, 1.807) is 18.9 Å². The average Bonchev–Trinajstić information content (AvgIpc) is 2.90. The van der Waals surface area contributed by atoms with Gasteiger partial charge in [-0.25, -0.2) is 13.2 Å². The second kappa shape index (κ2) is 24.9. The molecule has 0 saturated carbocycles. The molecule has 0 aromatic rings. The van der Waals surface area contributed by atoms with Crippen molar-refractivity contribution >= 4 is 15.9 Å². The first-order valence-electron chi connectivity index (χ1n) is 16.1. The summed E-state index contributed by atoms with van der Waals surface area (Å²) in [5, 5.41) is 0. The summed E-state index contributed by atoms with van der Waals surface area (Å²) >= 11 is 0. The summed E-state index contributed by atoms with van der Waals surface area (Å²) < 4.78 is 34.6. The zero-order valence-electron chi connectivity index (χ0n) is 26.4. The van der Waals surface area contributed by atoms with Crippen LogP contribution >= 0.6 is 0 Å². The van der Waals surface area contributed by atoms with E-state index in [0.717, 1.165) is 38.5 Å². The van der Waals surface area contributed by atoms with Crippen molar-refractivity contribution in [2.24, 2.45) is 0 Å². The Balaban J connectivity index is 3.87. The molecule has 0 aliphatic carbocycles. The maximum absolute atomic E-state index is 12.4. The molecule has 0 saturated heterocycles. The normalized spacial score (nSPS) is 13.4. The lowest BCUT2D eigenvalue weighted by molar-refractivity contribution is 0.0636. The van der Waals surface area contributed by atoms with E-state index >= 15 is 0 Å². The van der Waals surface area contributed by atoms with Crippen LogP contribution in [0.2, 0.25) is 0 Å². The zero-order chi connectivity index (χ0) is 29.2. The van der Waals surface area contributed by atoms with Gasteiger partial charge in [-0.1, -0.05) is 129 Å². The molecule has 0 N–H and O–H groups in total. The topological polar surface area (TPSA) is 72.9 Å². The first-order valence-corrected chi connectivity index (χ1v) is 18.0. The third-order valence-electron chi connectivity index (χ3n) is 7.70. The monoisotopic (exact) mass is 574 g/mol. The number of sulfone groups is 1. The van der Waals surface area contributed by atoms with Gasteiger partial charge >= 0.3 is 6.09 Å². The van der Waals surface area contributed by atoms with Gasteiger partial charge in [0, 0.05) is 26.5 Å². The predicted octanol–water partition coefficient (Wildman–Crippen LogP) is 8.92. The Morgan fingerprint density at radius 3 is 1.69 bits per heavy atom. The van der Waals surface area contributed by atoms with Gasteiger partial charge in [-0.15, -0.1) is 0 Å². The fraction of sp³-hybridized carbons (Fsp3) is 0.938. The number of hydrogen-bond donors (Lipinski definition) is 0. The van der Waals surface area contributed by atoms with Crippen LogP contribution in [0.15, 0.2) is 0 Å². The maximum atomic E-state index is 12.4. The van der Waals surface area contributed by atoms with Crippen LogP contribution in [-0.4, -0.2) is 63.8 Å². The summed E-state index contributed by atoms with van der Waals surface area (Å²) in [4.78, 5) is 14.0. The highest BCUT2D eigenvalue weighted by molar-refractivity contribution is 7.92. The second-order valence-electron chi connectivity index (χ2n) is 11.7. The second-order valence-corrected chi connectivity index (χ2v) is 14.3. The quantitative estimate of drug-likeness (QED) is 0.0872. The van der Waals surface area contributed by atoms with E-state index in [4.69, 9.17) is 9.47 Å². The van der Waals surface area contributed by atoms with Gasteiger partial charge in [0.25, 0.3) is 0 Å². The van der Waals surface area contributed by atoms with Gasteiger partial charge in [0.15, 0.2) is 9.84 Å². The van der Waals surface area contributed by atoms with Crippen LogP contribution in [0.5, 0.6) is 0 Å². The minimum atomic E-state index is -3.46. The van der Waals surface area contributed by atoms with E-state index in [9.17, 15) is 13.2 Å². The molecule has 0 fully saturated rings. The van der Waals surface area contributed by atoms with Crippen molar-refractivity contribution in [2.45, 2.75) is 154 Å². The van der Waals surface area contributed by atoms with E-state index in [-0.39, 0.29) is 13.2 Å². The molecule has 0 heterocycles. The Morgan fingerprint density at radius 2 is 1.23 bits per heavy atom. The lowest BCUT2D eigenvalue weighted by Gasteiger charge is -2.28. The summed E-state index contributed by atoms with van der Waals surface area (Å²) in [6.07, 6.45) is 28.0. The van der Waals surface area contributed by atoms with Crippen molar-refractivity contribution < 1.29 is 22.7 Å². The van der Waals surface area contributed by atoms with Gasteiger partial charge < -0.3 is 14.4 Å². The molecule has 0 rings (SSSR count). The van der Waals surface area contributed by atoms with Crippen LogP contribution in [0, 0.1) is 6.42 Å². The van der Waals surface area contributed by atoms with Crippen LogP contribution in [-0.2, 0) is 19.3 Å². The van der Waals surface area contributed by atoms with Crippen LogP contribution < -0.4 is 0 Å². The zero-order valence-corrected chi connectivity index (χ0v) is 27.3.